The molecular formula is C11H20Cl2N2O2. The van der Waals surface area contributed by atoms with Crippen molar-refractivity contribution in [2.75, 3.05) is 6.61 Å². The van der Waals surface area contributed by atoms with Gasteiger partial charge in [-0.1, -0.05) is 30.3 Å². The topological polar surface area (TPSA) is 81.5 Å². The van der Waals surface area contributed by atoms with Crippen LogP contribution in [0.2, 0.25) is 0 Å². The van der Waals surface area contributed by atoms with E-state index in [9.17, 15) is 0 Å². The Morgan fingerprint density at radius 2 is 1.71 bits per heavy atom. The lowest BCUT2D eigenvalue weighted by Crippen LogP contribution is -2.34. The minimum atomic E-state index is -0.861. The number of hydrogen-bond acceptors (Lipinski definition) is 4. The van der Waals surface area contributed by atoms with Gasteiger partial charge in [-0.15, -0.1) is 24.8 Å². The van der Waals surface area contributed by atoms with Crippen LogP contribution in [0.15, 0.2) is 30.3 Å². The number of aliphatic hydroxyl groups excluding tert-OH is 1. The van der Waals surface area contributed by atoms with Crippen molar-refractivity contribution in [2.24, 2.45) is 11.5 Å². The van der Waals surface area contributed by atoms with Crippen LogP contribution in [0.5, 0.6) is 0 Å². The van der Waals surface area contributed by atoms with Crippen LogP contribution in [-0.2, 0) is 11.3 Å². The molecule has 0 radical (unpaired) electrons. The van der Waals surface area contributed by atoms with Crippen LogP contribution in [0.4, 0.5) is 0 Å². The smallest absolute Gasteiger partial charge is 0.103 e. The van der Waals surface area contributed by atoms with Gasteiger partial charge in [0.25, 0.3) is 0 Å². The number of benzene rings is 1. The lowest BCUT2D eigenvalue weighted by molar-refractivity contribution is 0.0856. The maximum Gasteiger partial charge on any atom is 0.103 e. The molecule has 1 aromatic carbocycles. The highest BCUT2D eigenvalue weighted by atomic mass is 35.5. The summed E-state index contributed by atoms with van der Waals surface area (Å²) in [6.07, 6.45) is -0.505. The van der Waals surface area contributed by atoms with E-state index in [2.05, 4.69) is 0 Å². The standard InChI is InChI=1S/C11H18N2O2.2ClH/c12-10(6-11(13)14)8-15-7-9-4-2-1-3-5-9;;/h1-5,10-11,14H,6-8,12-13H2;2*1H. The first-order valence-electron chi connectivity index (χ1n) is 4.99. The number of nitrogens with two attached hydrogens (primary N) is 2. The zero-order chi connectivity index (χ0) is 11.1. The predicted octanol–water partition coefficient (Wildman–Crippen LogP) is 1.04. The second-order valence-electron chi connectivity index (χ2n) is 3.56. The summed E-state index contributed by atoms with van der Waals surface area (Å²) in [6, 6.07) is 9.64. The normalized spacial score (nSPS) is 13.1. The SMILES string of the molecule is Cl.Cl.NC(O)CC(N)COCc1ccccc1. The van der Waals surface area contributed by atoms with Crippen LogP contribution in [0.1, 0.15) is 12.0 Å². The van der Waals surface area contributed by atoms with Crippen molar-refractivity contribution < 1.29 is 9.84 Å². The molecule has 0 aliphatic heterocycles. The molecule has 100 valence electrons. The molecule has 0 saturated heterocycles. The molecule has 0 fully saturated rings. The van der Waals surface area contributed by atoms with E-state index < -0.39 is 6.23 Å². The molecule has 0 aliphatic rings. The molecule has 1 rings (SSSR count). The highest BCUT2D eigenvalue weighted by molar-refractivity contribution is 5.85. The fourth-order valence-corrected chi connectivity index (χ4v) is 1.28. The van der Waals surface area contributed by atoms with Crippen LogP contribution < -0.4 is 11.5 Å². The lowest BCUT2D eigenvalue weighted by atomic mass is 10.2. The molecule has 0 spiro atoms. The van der Waals surface area contributed by atoms with Gasteiger partial charge in [-0.2, -0.15) is 0 Å². The summed E-state index contributed by atoms with van der Waals surface area (Å²) in [6.45, 7) is 0.943. The lowest BCUT2D eigenvalue weighted by Gasteiger charge is -2.13. The number of aliphatic hydroxyl groups is 1. The molecule has 0 amide bonds. The van der Waals surface area contributed by atoms with Crippen molar-refractivity contribution in [1.29, 1.82) is 0 Å². The van der Waals surface area contributed by atoms with Crippen molar-refractivity contribution in [2.45, 2.75) is 25.3 Å². The zero-order valence-electron chi connectivity index (χ0n) is 9.49. The predicted molar refractivity (Wildman–Crippen MR) is 73.4 cm³/mol. The fraction of sp³-hybridized carbons (Fsp3) is 0.455. The zero-order valence-corrected chi connectivity index (χ0v) is 11.1. The molecule has 0 heterocycles. The molecule has 2 atom stereocenters. The first kappa shape index (κ1) is 19.0. The van der Waals surface area contributed by atoms with Crippen molar-refractivity contribution in [3.05, 3.63) is 35.9 Å². The first-order valence-corrected chi connectivity index (χ1v) is 4.99. The Bertz CT molecular complexity index is 273. The summed E-state index contributed by atoms with van der Waals surface area (Å²) in [7, 11) is 0. The van der Waals surface area contributed by atoms with Gasteiger partial charge in [0.05, 0.1) is 13.2 Å². The molecule has 0 aromatic heterocycles. The van der Waals surface area contributed by atoms with Crippen molar-refractivity contribution in [1.82, 2.24) is 0 Å². The number of ether oxygens (including phenoxy) is 1. The molecule has 4 nitrogen and oxygen atoms in total. The highest BCUT2D eigenvalue weighted by Crippen LogP contribution is 2.01. The molecule has 2 unspecified atom stereocenters. The van der Waals surface area contributed by atoms with Crippen LogP contribution >= 0.6 is 24.8 Å². The van der Waals surface area contributed by atoms with Gasteiger partial charge in [0.1, 0.15) is 6.23 Å². The minimum Gasteiger partial charge on any atom is -0.379 e. The number of rotatable bonds is 6. The average molecular weight is 283 g/mol. The van der Waals surface area contributed by atoms with Gasteiger partial charge in [0, 0.05) is 12.5 Å². The Hall–Kier alpha value is -0.360. The van der Waals surface area contributed by atoms with Gasteiger partial charge in [-0.25, -0.2) is 0 Å². The van der Waals surface area contributed by atoms with Crippen LogP contribution in [0.25, 0.3) is 0 Å². The Morgan fingerprint density at radius 1 is 1.12 bits per heavy atom. The summed E-state index contributed by atoms with van der Waals surface area (Å²) in [5, 5.41) is 8.88. The van der Waals surface area contributed by atoms with Gasteiger partial charge < -0.3 is 21.3 Å². The maximum absolute atomic E-state index is 8.88. The van der Waals surface area contributed by atoms with E-state index in [0.29, 0.717) is 19.6 Å². The number of halogens is 2. The second-order valence-corrected chi connectivity index (χ2v) is 3.56. The van der Waals surface area contributed by atoms with Gasteiger partial charge in [-0.05, 0) is 5.56 Å². The Balaban J connectivity index is 0. The van der Waals surface area contributed by atoms with Gasteiger partial charge in [-0.3, -0.25) is 0 Å². The summed E-state index contributed by atoms with van der Waals surface area (Å²) in [4.78, 5) is 0. The molecular weight excluding hydrogens is 263 g/mol. The van der Waals surface area contributed by atoms with Gasteiger partial charge in [0.15, 0.2) is 0 Å². The van der Waals surface area contributed by atoms with E-state index in [1.54, 1.807) is 0 Å². The third-order valence-corrected chi connectivity index (χ3v) is 1.99. The van der Waals surface area contributed by atoms with E-state index in [-0.39, 0.29) is 30.9 Å². The molecule has 1 aromatic rings. The summed E-state index contributed by atoms with van der Waals surface area (Å²) >= 11 is 0. The van der Waals surface area contributed by atoms with E-state index in [0.717, 1.165) is 5.56 Å². The quantitative estimate of drug-likeness (QED) is 0.681. The molecule has 0 aliphatic carbocycles. The highest BCUT2D eigenvalue weighted by Gasteiger charge is 2.06. The molecule has 0 saturated carbocycles. The molecule has 5 N–H and O–H groups in total. The Labute approximate surface area is 114 Å². The van der Waals surface area contributed by atoms with Gasteiger partial charge in [0.2, 0.25) is 0 Å². The summed E-state index contributed by atoms with van der Waals surface area (Å²) < 4.78 is 5.39. The Morgan fingerprint density at radius 3 is 2.24 bits per heavy atom. The summed E-state index contributed by atoms with van der Waals surface area (Å²) in [5.41, 5.74) is 12.0. The van der Waals surface area contributed by atoms with E-state index >= 15 is 0 Å². The van der Waals surface area contributed by atoms with Gasteiger partial charge >= 0.3 is 0 Å². The van der Waals surface area contributed by atoms with E-state index in [1.165, 1.54) is 0 Å². The summed E-state index contributed by atoms with van der Waals surface area (Å²) in [5.74, 6) is 0. The third-order valence-electron chi connectivity index (χ3n) is 1.99. The monoisotopic (exact) mass is 282 g/mol. The first-order chi connectivity index (χ1) is 7.18. The second kappa shape index (κ2) is 10.8. The molecule has 17 heavy (non-hydrogen) atoms. The molecule has 0 bridgehead atoms. The molecule has 6 heteroatoms. The van der Waals surface area contributed by atoms with E-state index in [4.69, 9.17) is 21.3 Å². The Kier molecular flexibility index (Phi) is 12.0. The van der Waals surface area contributed by atoms with Crippen molar-refractivity contribution >= 4 is 24.8 Å². The minimum absolute atomic E-state index is 0. The van der Waals surface area contributed by atoms with Crippen LogP contribution in [-0.4, -0.2) is 24.0 Å². The van der Waals surface area contributed by atoms with E-state index in [1.807, 2.05) is 30.3 Å². The third kappa shape index (κ3) is 9.35. The van der Waals surface area contributed by atoms with Crippen molar-refractivity contribution in [3.63, 3.8) is 0 Å². The van der Waals surface area contributed by atoms with Crippen molar-refractivity contribution in [3.8, 4) is 0 Å². The van der Waals surface area contributed by atoms with Crippen LogP contribution in [0.3, 0.4) is 0 Å². The average Bonchev–Trinajstić information content (AvgIpc) is 2.18. The van der Waals surface area contributed by atoms with Crippen LogP contribution in [0, 0.1) is 0 Å². The maximum atomic E-state index is 8.88. The number of hydrogen-bond donors (Lipinski definition) is 3. The fourth-order valence-electron chi connectivity index (χ4n) is 1.28. The largest absolute Gasteiger partial charge is 0.379 e.